The number of anilines is 1. The summed E-state index contributed by atoms with van der Waals surface area (Å²) >= 11 is 0. The highest BCUT2D eigenvalue weighted by Crippen LogP contribution is 2.34. The first-order valence-corrected chi connectivity index (χ1v) is 9.19. The number of fused-ring (bicyclic) bond motifs is 1. The van der Waals surface area contributed by atoms with Crippen molar-refractivity contribution in [1.29, 1.82) is 0 Å². The number of phenolic OH excluding ortho intramolecular Hbond substituents is 1. The molecule has 3 aromatic rings. The maximum absolute atomic E-state index is 13.9. The van der Waals surface area contributed by atoms with E-state index >= 15 is 0 Å². The molecule has 0 aliphatic carbocycles. The minimum Gasteiger partial charge on any atom is -0.507 e. The van der Waals surface area contributed by atoms with Crippen molar-refractivity contribution < 1.29 is 9.50 Å². The van der Waals surface area contributed by atoms with Crippen LogP contribution >= 0.6 is 0 Å². The molecule has 134 valence electrons. The van der Waals surface area contributed by atoms with Crippen molar-refractivity contribution in [3.05, 3.63) is 48.3 Å². The van der Waals surface area contributed by atoms with Crippen LogP contribution in [0.2, 0.25) is 0 Å². The molecule has 1 atom stereocenters. The summed E-state index contributed by atoms with van der Waals surface area (Å²) in [5.74, 6) is 1.09. The third kappa shape index (κ3) is 2.98. The van der Waals surface area contributed by atoms with Crippen LogP contribution in [0.3, 0.4) is 0 Å². The number of piperidine rings is 1. The van der Waals surface area contributed by atoms with E-state index in [1.807, 2.05) is 6.07 Å². The number of aromatic hydroxyl groups is 1. The first-order valence-electron chi connectivity index (χ1n) is 9.19. The van der Waals surface area contributed by atoms with Gasteiger partial charge in [-0.1, -0.05) is 19.1 Å². The van der Waals surface area contributed by atoms with Gasteiger partial charge in [-0.05, 0) is 56.0 Å². The number of hydrogen-bond acceptors (Lipinski definition) is 4. The average molecular weight is 351 g/mol. The van der Waals surface area contributed by atoms with Crippen molar-refractivity contribution in [2.45, 2.75) is 38.6 Å². The van der Waals surface area contributed by atoms with Gasteiger partial charge in [-0.25, -0.2) is 14.4 Å². The smallest absolute Gasteiger partial charge is 0.165 e. The second kappa shape index (κ2) is 6.90. The molecule has 4 rings (SSSR count). The molecule has 0 radical (unpaired) electrons. The Kier molecular flexibility index (Phi) is 4.45. The zero-order valence-electron chi connectivity index (χ0n) is 14.8. The maximum Gasteiger partial charge on any atom is 0.165 e. The third-order valence-corrected chi connectivity index (χ3v) is 5.15. The molecule has 2 heterocycles. The second-order valence-corrected chi connectivity index (χ2v) is 6.80. The van der Waals surface area contributed by atoms with Crippen LogP contribution in [-0.4, -0.2) is 27.7 Å². The van der Waals surface area contributed by atoms with Crippen molar-refractivity contribution in [2.24, 2.45) is 0 Å². The Morgan fingerprint density at radius 2 is 2.00 bits per heavy atom. The van der Waals surface area contributed by atoms with Crippen LogP contribution in [0.25, 0.3) is 22.3 Å². The third-order valence-electron chi connectivity index (χ3n) is 5.15. The summed E-state index contributed by atoms with van der Waals surface area (Å²) in [7, 11) is 0. The zero-order chi connectivity index (χ0) is 18.1. The fourth-order valence-electron chi connectivity index (χ4n) is 3.79. The standard InChI is InChI=1S/C21H22FN3O/c1-2-15-7-5-6-12-25(15)21-17-13-14(22)10-11-18(17)23-20(24-21)16-8-3-4-9-19(16)26/h3-4,8-11,13,15,26H,2,5-7,12H2,1H3. The first-order chi connectivity index (χ1) is 12.7. The molecule has 26 heavy (non-hydrogen) atoms. The first kappa shape index (κ1) is 16.8. The van der Waals surface area contributed by atoms with Crippen LogP contribution in [0.4, 0.5) is 10.2 Å². The highest BCUT2D eigenvalue weighted by atomic mass is 19.1. The SMILES string of the molecule is CCC1CCCCN1c1nc(-c2ccccc2O)nc2ccc(F)cc12. The number of nitrogens with zero attached hydrogens (tertiary/aromatic N) is 3. The second-order valence-electron chi connectivity index (χ2n) is 6.80. The maximum atomic E-state index is 13.9. The minimum atomic E-state index is -0.289. The molecule has 4 nitrogen and oxygen atoms in total. The van der Waals surface area contributed by atoms with E-state index in [0.717, 1.165) is 37.0 Å². The van der Waals surface area contributed by atoms with Gasteiger partial charge in [-0.2, -0.15) is 0 Å². The summed E-state index contributed by atoms with van der Waals surface area (Å²) in [5, 5.41) is 11.0. The lowest BCUT2D eigenvalue weighted by molar-refractivity contribution is 0.447. The molecular weight excluding hydrogens is 329 g/mol. The molecule has 1 aromatic heterocycles. The molecule has 0 saturated carbocycles. The predicted octanol–water partition coefficient (Wildman–Crippen LogP) is 4.91. The van der Waals surface area contributed by atoms with E-state index < -0.39 is 0 Å². The Bertz CT molecular complexity index is 944. The molecule has 1 unspecified atom stereocenters. The number of rotatable bonds is 3. The average Bonchev–Trinajstić information content (AvgIpc) is 2.67. The van der Waals surface area contributed by atoms with E-state index in [4.69, 9.17) is 4.98 Å². The molecule has 1 saturated heterocycles. The monoisotopic (exact) mass is 351 g/mol. The molecule has 1 aliphatic heterocycles. The molecule has 5 heteroatoms. The highest BCUT2D eigenvalue weighted by molar-refractivity contribution is 5.91. The van der Waals surface area contributed by atoms with E-state index in [0.29, 0.717) is 22.9 Å². The van der Waals surface area contributed by atoms with Gasteiger partial charge >= 0.3 is 0 Å². The number of benzene rings is 2. The molecule has 2 aromatic carbocycles. The summed E-state index contributed by atoms with van der Waals surface area (Å²) in [6.45, 7) is 3.08. The molecule has 1 aliphatic rings. The summed E-state index contributed by atoms with van der Waals surface area (Å²) in [4.78, 5) is 11.7. The van der Waals surface area contributed by atoms with Crippen LogP contribution in [0.1, 0.15) is 32.6 Å². The number of halogens is 1. The van der Waals surface area contributed by atoms with Crippen LogP contribution in [-0.2, 0) is 0 Å². The van der Waals surface area contributed by atoms with Gasteiger partial charge < -0.3 is 10.0 Å². The van der Waals surface area contributed by atoms with Gasteiger partial charge in [0.25, 0.3) is 0 Å². The fourth-order valence-corrected chi connectivity index (χ4v) is 3.79. The zero-order valence-corrected chi connectivity index (χ0v) is 14.8. The van der Waals surface area contributed by atoms with E-state index in [2.05, 4.69) is 16.8 Å². The topological polar surface area (TPSA) is 49.2 Å². The quantitative estimate of drug-likeness (QED) is 0.728. The van der Waals surface area contributed by atoms with Gasteiger partial charge in [0.1, 0.15) is 17.4 Å². The van der Waals surface area contributed by atoms with Crippen molar-refractivity contribution in [1.82, 2.24) is 9.97 Å². The molecule has 0 amide bonds. The van der Waals surface area contributed by atoms with Crippen LogP contribution in [0.5, 0.6) is 5.75 Å². The van der Waals surface area contributed by atoms with Gasteiger partial charge in [0.15, 0.2) is 5.82 Å². The summed E-state index contributed by atoms with van der Waals surface area (Å²) in [6.07, 6.45) is 4.44. The van der Waals surface area contributed by atoms with E-state index in [9.17, 15) is 9.50 Å². The Balaban J connectivity index is 1.94. The Morgan fingerprint density at radius 3 is 2.81 bits per heavy atom. The predicted molar refractivity (Wildman–Crippen MR) is 102 cm³/mol. The number of para-hydroxylation sites is 1. The molecule has 0 bridgehead atoms. The van der Waals surface area contributed by atoms with E-state index in [1.54, 1.807) is 24.3 Å². The molecule has 1 N–H and O–H groups in total. The van der Waals surface area contributed by atoms with Crippen LogP contribution in [0.15, 0.2) is 42.5 Å². The lowest BCUT2D eigenvalue weighted by Gasteiger charge is -2.37. The lowest BCUT2D eigenvalue weighted by atomic mass is 9.99. The van der Waals surface area contributed by atoms with Gasteiger partial charge in [-0.15, -0.1) is 0 Å². The fraction of sp³-hybridized carbons (Fsp3) is 0.333. The highest BCUT2D eigenvalue weighted by Gasteiger charge is 2.25. The molecular formula is C21H22FN3O. The normalized spacial score (nSPS) is 17.6. The van der Waals surface area contributed by atoms with Gasteiger partial charge in [0.2, 0.25) is 0 Å². The Morgan fingerprint density at radius 1 is 1.15 bits per heavy atom. The summed E-state index contributed by atoms with van der Waals surface area (Å²) in [5.41, 5.74) is 1.28. The van der Waals surface area contributed by atoms with Crippen molar-refractivity contribution in [2.75, 3.05) is 11.4 Å². The van der Waals surface area contributed by atoms with Gasteiger partial charge in [0.05, 0.1) is 11.1 Å². The summed E-state index contributed by atoms with van der Waals surface area (Å²) in [6, 6.07) is 12.1. The summed E-state index contributed by atoms with van der Waals surface area (Å²) < 4.78 is 13.9. The lowest BCUT2D eigenvalue weighted by Crippen LogP contribution is -2.39. The van der Waals surface area contributed by atoms with Gasteiger partial charge in [-0.3, -0.25) is 0 Å². The largest absolute Gasteiger partial charge is 0.507 e. The minimum absolute atomic E-state index is 0.144. The van der Waals surface area contributed by atoms with E-state index in [1.165, 1.54) is 18.6 Å². The number of phenols is 1. The van der Waals surface area contributed by atoms with Crippen molar-refractivity contribution in [3.8, 4) is 17.1 Å². The van der Waals surface area contributed by atoms with E-state index in [-0.39, 0.29) is 11.6 Å². The Labute approximate surface area is 152 Å². The van der Waals surface area contributed by atoms with Crippen molar-refractivity contribution in [3.63, 3.8) is 0 Å². The van der Waals surface area contributed by atoms with Crippen molar-refractivity contribution >= 4 is 16.7 Å². The molecule has 0 spiro atoms. The van der Waals surface area contributed by atoms with Crippen LogP contribution in [0, 0.1) is 5.82 Å². The van der Waals surface area contributed by atoms with Crippen LogP contribution < -0.4 is 4.90 Å². The number of aromatic nitrogens is 2. The molecule has 1 fully saturated rings. The number of hydrogen-bond donors (Lipinski definition) is 1. The Hall–Kier alpha value is -2.69. The van der Waals surface area contributed by atoms with Gasteiger partial charge in [0, 0.05) is 18.0 Å².